The van der Waals surface area contributed by atoms with Crippen molar-refractivity contribution in [1.82, 2.24) is 0 Å². The van der Waals surface area contributed by atoms with Gasteiger partial charge in [-0.15, -0.1) is 0 Å². The molecule has 0 bridgehead atoms. The van der Waals surface area contributed by atoms with E-state index in [0.29, 0.717) is 41.6 Å². The average Bonchev–Trinajstić information content (AvgIpc) is 2.77. The number of allylic oxidation sites excluding steroid dienone is 8. The molecule has 0 fully saturated rings. The van der Waals surface area contributed by atoms with Gasteiger partial charge < -0.3 is 9.84 Å². The SMILES string of the molecule is COC(C)(C)CCCC1=CC(=O)C=C(CCC2=CC(=O)C=C(CCCC(C)(C)CO)C2=O)C1=O. The van der Waals surface area contributed by atoms with E-state index in [9.17, 15) is 24.3 Å². The molecule has 0 saturated heterocycles. The van der Waals surface area contributed by atoms with Crippen molar-refractivity contribution in [2.24, 2.45) is 5.41 Å². The van der Waals surface area contributed by atoms with Crippen LogP contribution in [-0.2, 0) is 23.9 Å². The van der Waals surface area contributed by atoms with Crippen molar-refractivity contribution in [2.45, 2.75) is 84.7 Å². The maximum Gasteiger partial charge on any atom is 0.185 e. The molecule has 0 saturated carbocycles. The topological polar surface area (TPSA) is 97.7 Å². The number of carbonyl (C=O) groups excluding carboxylic acids is 4. The number of carbonyl (C=O) groups is 4. The number of aliphatic hydroxyl groups is 1. The molecular weight excluding hydrogens is 432 g/mol. The zero-order valence-corrected chi connectivity index (χ0v) is 21.2. The van der Waals surface area contributed by atoms with Gasteiger partial charge >= 0.3 is 0 Å². The van der Waals surface area contributed by atoms with Crippen LogP contribution in [0.15, 0.2) is 46.6 Å². The number of Topliss-reactive ketones (excluding diaryl/α,β-unsaturated/α-hetero) is 2. The van der Waals surface area contributed by atoms with E-state index in [4.69, 9.17) is 4.74 Å². The molecule has 6 nitrogen and oxygen atoms in total. The summed E-state index contributed by atoms with van der Waals surface area (Å²) >= 11 is 0. The van der Waals surface area contributed by atoms with Gasteiger partial charge in [-0.25, -0.2) is 0 Å². The summed E-state index contributed by atoms with van der Waals surface area (Å²) in [7, 11) is 1.65. The van der Waals surface area contributed by atoms with Crippen LogP contribution in [0.5, 0.6) is 0 Å². The van der Waals surface area contributed by atoms with Crippen molar-refractivity contribution in [3.8, 4) is 0 Å². The number of aliphatic hydroxyl groups excluding tert-OH is 1. The number of ketones is 4. The monoisotopic (exact) mass is 470 g/mol. The molecule has 2 aliphatic carbocycles. The first-order valence-corrected chi connectivity index (χ1v) is 12.0. The van der Waals surface area contributed by atoms with Crippen molar-refractivity contribution in [1.29, 1.82) is 0 Å². The molecule has 0 radical (unpaired) electrons. The first-order valence-electron chi connectivity index (χ1n) is 12.0. The predicted octanol–water partition coefficient (Wildman–Crippen LogP) is 4.56. The molecule has 0 amide bonds. The van der Waals surface area contributed by atoms with Crippen molar-refractivity contribution in [3.05, 3.63) is 46.6 Å². The van der Waals surface area contributed by atoms with Gasteiger partial charge in [-0.2, -0.15) is 0 Å². The van der Waals surface area contributed by atoms with Crippen molar-refractivity contribution in [3.63, 3.8) is 0 Å². The third-order valence-corrected chi connectivity index (χ3v) is 6.60. The van der Waals surface area contributed by atoms with E-state index in [1.165, 1.54) is 24.3 Å². The fraction of sp³-hybridized carbons (Fsp3) is 0.571. The van der Waals surface area contributed by atoms with Crippen LogP contribution in [0.4, 0.5) is 0 Å². The molecule has 1 N–H and O–H groups in total. The lowest BCUT2D eigenvalue weighted by atomic mass is 9.83. The fourth-order valence-electron chi connectivity index (χ4n) is 4.10. The first-order chi connectivity index (χ1) is 15.9. The van der Waals surface area contributed by atoms with Crippen molar-refractivity contribution < 1.29 is 29.0 Å². The van der Waals surface area contributed by atoms with Gasteiger partial charge in [0.2, 0.25) is 0 Å². The maximum absolute atomic E-state index is 12.9. The van der Waals surface area contributed by atoms with E-state index >= 15 is 0 Å². The lowest BCUT2D eigenvalue weighted by Gasteiger charge is -2.23. The van der Waals surface area contributed by atoms with E-state index in [1.54, 1.807) is 7.11 Å². The van der Waals surface area contributed by atoms with Crippen LogP contribution in [-0.4, -0.2) is 47.6 Å². The minimum absolute atomic E-state index is 0.0620. The minimum atomic E-state index is -0.291. The Labute approximate surface area is 202 Å². The second-order valence-electron chi connectivity index (χ2n) is 10.6. The van der Waals surface area contributed by atoms with Gasteiger partial charge in [0.1, 0.15) is 0 Å². The highest BCUT2D eigenvalue weighted by atomic mass is 16.5. The summed E-state index contributed by atoms with van der Waals surface area (Å²) in [4.78, 5) is 50.2. The third kappa shape index (κ3) is 8.10. The van der Waals surface area contributed by atoms with Gasteiger partial charge in [0.05, 0.1) is 5.60 Å². The summed E-state index contributed by atoms with van der Waals surface area (Å²) in [6.07, 6.45) is 9.80. The van der Waals surface area contributed by atoms with Gasteiger partial charge in [0, 0.05) is 36.0 Å². The summed E-state index contributed by atoms with van der Waals surface area (Å²) in [6.45, 7) is 7.93. The highest BCUT2D eigenvalue weighted by Crippen LogP contribution is 2.29. The minimum Gasteiger partial charge on any atom is -0.396 e. The molecule has 0 aromatic rings. The molecule has 6 heteroatoms. The molecule has 2 rings (SSSR count). The van der Waals surface area contributed by atoms with Crippen molar-refractivity contribution in [2.75, 3.05) is 13.7 Å². The third-order valence-electron chi connectivity index (χ3n) is 6.60. The van der Waals surface area contributed by atoms with Crippen LogP contribution in [0, 0.1) is 5.41 Å². The van der Waals surface area contributed by atoms with Gasteiger partial charge in [-0.05, 0) is 94.9 Å². The molecule has 2 aliphatic rings. The summed E-state index contributed by atoms with van der Waals surface area (Å²) in [5.41, 5.74) is 1.20. The number of hydrogen-bond donors (Lipinski definition) is 1. The van der Waals surface area contributed by atoms with E-state index in [-0.39, 0.29) is 53.6 Å². The largest absolute Gasteiger partial charge is 0.396 e. The van der Waals surface area contributed by atoms with Crippen molar-refractivity contribution >= 4 is 23.1 Å². The Kier molecular flexibility index (Phi) is 9.65. The summed E-state index contributed by atoms with van der Waals surface area (Å²) in [6, 6.07) is 0. The highest BCUT2D eigenvalue weighted by molar-refractivity contribution is 6.21. The average molecular weight is 471 g/mol. The summed E-state index contributed by atoms with van der Waals surface area (Å²) < 4.78 is 5.41. The molecule has 0 aromatic heterocycles. The van der Waals surface area contributed by atoms with E-state index in [2.05, 4.69) is 0 Å². The highest BCUT2D eigenvalue weighted by Gasteiger charge is 2.26. The van der Waals surface area contributed by atoms with Crippen LogP contribution in [0.1, 0.15) is 79.1 Å². The normalized spacial score (nSPS) is 17.5. The number of ether oxygens (including phenoxy) is 1. The van der Waals surface area contributed by atoms with E-state index < -0.39 is 0 Å². The van der Waals surface area contributed by atoms with Gasteiger partial charge in [0.25, 0.3) is 0 Å². The Morgan fingerprint density at radius 1 is 0.676 bits per heavy atom. The standard InChI is InChI=1S/C28H38O6/c1-27(2,18-29)12-6-8-19-14-23(30)16-21(25(19)32)10-11-22-17-24(31)15-20(26(22)33)9-7-13-28(3,4)34-5/h14-17,29H,6-13,18H2,1-5H3. The zero-order valence-electron chi connectivity index (χ0n) is 21.2. The number of rotatable bonds is 13. The Morgan fingerprint density at radius 2 is 1.06 bits per heavy atom. The molecule has 0 spiro atoms. The van der Waals surface area contributed by atoms with E-state index in [0.717, 1.165) is 19.3 Å². The number of methoxy groups -OCH3 is 1. The van der Waals surface area contributed by atoms with Crippen LogP contribution < -0.4 is 0 Å². The lowest BCUT2D eigenvalue weighted by molar-refractivity contribution is -0.116. The van der Waals surface area contributed by atoms with Crippen LogP contribution in [0.2, 0.25) is 0 Å². The van der Waals surface area contributed by atoms with Gasteiger partial charge in [-0.3, -0.25) is 19.2 Å². The Morgan fingerprint density at radius 3 is 1.44 bits per heavy atom. The second-order valence-corrected chi connectivity index (χ2v) is 10.6. The molecule has 0 unspecified atom stereocenters. The lowest BCUT2D eigenvalue weighted by Crippen LogP contribution is -2.22. The molecule has 0 aliphatic heterocycles. The quantitative estimate of drug-likeness (QED) is 0.396. The molecule has 0 atom stereocenters. The van der Waals surface area contributed by atoms with Gasteiger partial charge in [0.15, 0.2) is 23.1 Å². The Balaban J connectivity index is 1.96. The zero-order chi connectivity index (χ0) is 25.5. The Bertz CT molecular complexity index is 877. The number of hydrogen-bond acceptors (Lipinski definition) is 6. The van der Waals surface area contributed by atoms with Crippen LogP contribution in [0.3, 0.4) is 0 Å². The molecule has 186 valence electrons. The van der Waals surface area contributed by atoms with Gasteiger partial charge in [-0.1, -0.05) is 13.8 Å². The van der Waals surface area contributed by atoms with E-state index in [1.807, 2.05) is 27.7 Å². The smallest absolute Gasteiger partial charge is 0.185 e. The molecule has 0 aromatic carbocycles. The first kappa shape index (κ1) is 27.8. The molecular formula is C28H38O6. The predicted molar refractivity (Wildman–Crippen MR) is 131 cm³/mol. The Hall–Kier alpha value is -2.44. The summed E-state index contributed by atoms with van der Waals surface area (Å²) in [5, 5.41) is 9.40. The molecule has 34 heavy (non-hydrogen) atoms. The van der Waals surface area contributed by atoms with Crippen LogP contribution in [0.25, 0.3) is 0 Å². The maximum atomic E-state index is 12.9. The van der Waals surface area contributed by atoms with Crippen LogP contribution >= 0.6 is 0 Å². The molecule has 0 heterocycles. The second kappa shape index (κ2) is 11.8. The fourth-order valence-corrected chi connectivity index (χ4v) is 4.10. The summed E-state index contributed by atoms with van der Waals surface area (Å²) in [5.74, 6) is -0.781.